The summed E-state index contributed by atoms with van der Waals surface area (Å²) in [7, 11) is 8.74. The quantitative estimate of drug-likeness (QED) is 0.0741. The Labute approximate surface area is 318 Å². The first-order chi connectivity index (χ1) is 25.9. The lowest BCUT2D eigenvalue weighted by Gasteiger charge is -2.28. The molecule has 1 heterocycles. The zero-order chi connectivity index (χ0) is 39.6. The number of fused-ring (bicyclic) bond motifs is 5. The number of aliphatic hydroxyl groups excluding tert-OH is 1. The summed E-state index contributed by atoms with van der Waals surface area (Å²) in [5, 5.41) is 58.9. The number of aliphatic hydroxyl groups is 1. The minimum absolute atomic E-state index is 0.0193. The number of phenolic OH excluding ortho intramolecular Hbond substituents is 2. The Kier molecular flexibility index (Phi) is 18.6. The lowest BCUT2D eigenvalue weighted by atomic mass is 9.95. The highest BCUT2D eigenvalue weighted by Gasteiger charge is 2.33. The molecule has 0 saturated heterocycles. The molecule has 1 aliphatic heterocycles. The Bertz CT molecular complexity index is 1530. The summed E-state index contributed by atoms with van der Waals surface area (Å²) < 4.78 is 0. The van der Waals surface area contributed by atoms with Gasteiger partial charge >= 0.3 is 0 Å². The van der Waals surface area contributed by atoms with Crippen molar-refractivity contribution in [2.24, 2.45) is 0 Å². The van der Waals surface area contributed by atoms with E-state index in [9.17, 15) is 34.5 Å². The van der Waals surface area contributed by atoms with E-state index in [1.165, 1.54) is 12.1 Å². The number of carbonyl (C=O) groups excluding carboxylic acids is 4. The molecule has 6 atom stereocenters. The van der Waals surface area contributed by atoms with Gasteiger partial charge in [-0.05, 0) is 121 Å². The van der Waals surface area contributed by atoms with Gasteiger partial charge in [0.25, 0.3) is 0 Å². The number of hydrogen-bond acceptors (Lipinski definition) is 12. The van der Waals surface area contributed by atoms with Gasteiger partial charge in [0.05, 0.1) is 12.1 Å². The molecular formula is C38H61N9O7. The molecule has 16 heteroatoms. The summed E-state index contributed by atoms with van der Waals surface area (Å²) in [6, 6.07) is 5.52. The number of hydrogen-bond donors (Lipinski definition) is 12. The number of amides is 4. The van der Waals surface area contributed by atoms with Crippen molar-refractivity contribution < 1.29 is 34.5 Å². The minimum atomic E-state index is -1.30. The molecule has 0 fully saturated rings. The molecule has 300 valence electrons. The van der Waals surface area contributed by atoms with Crippen molar-refractivity contribution >= 4 is 23.6 Å². The Morgan fingerprint density at radius 2 is 1.41 bits per heavy atom. The van der Waals surface area contributed by atoms with E-state index in [0.29, 0.717) is 48.2 Å². The Hall–Kier alpha value is -4.32. The molecule has 4 bridgehead atoms. The normalized spacial score (nSPS) is 19.3. The third-order valence-electron chi connectivity index (χ3n) is 9.68. The summed E-state index contributed by atoms with van der Waals surface area (Å²) in [5.74, 6) is -2.46. The molecule has 12 N–H and O–H groups in total. The fourth-order valence-corrected chi connectivity index (χ4v) is 6.44. The number of benzene rings is 2. The second kappa shape index (κ2) is 22.8. The van der Waals surface area contributed by atoms with Crippen LogP contribution in [0.3, 0.4) is 0 Å². The predicted octanol–water partition coefficient (Wildman–Crippen LogP) is -1.42. The maximum atomic E-state index is 14.2. The fraction of sp³-hybridized carbons (Fsp3) is 0.579. The highest BCUT2D eigenvalue weighted by molar-refractivity contribution is 5.95. The lowest BCUT2D eigenvalue weighted by molar-refractivity contribution is -0.134. The molecule has 1 aliphatic rings. The van der Waals surface area contributed by atoms with Crippen molar-refractivity contribution in [1.82, 2.24) is 47.9 Å². The molecule has 0 spiro atoms. The molecule has 2 aromatic carbocycles. The third kappa shape index (κ3) is 13.5. The van der Waals surface area contributed by atoms with Crippen molar-refractivity contribution in [2.75, 3.05) is 61.4 Å². The van der Waals surface area contributed by atoms with Gasteiger partial charge in [-0.3, -0.25) is 19.2 Å². The summed E-state index contributed by atoms with van der Waals surface area (Å²) in [6.45, 7) is 1.92. The van der Waals surface area contributed by atoms with Crippen LogP contribution < -0.4 is 47.9 Å². The molecule has 0 radical (unpaired) electrons. The van der Waals surface area contributed by atoms with Crippen molar-refractivity contribution in [3.05, 3.63) is 47.5 Å². The molecule has 0 aromatic heterocycles. The van der Waals surface area contributed by atoms with E-state index in [0.717, 1.165) is 19.4 Å². The maximum Gasteiger partial charge on any atom is 0.243 e. The molecule has 4 amide bonds. The fourth-order valence-electron chi connectivity index (χ4n) is 6.44. The van der Waals surface area contributed by atoms with E-state index < -0.39 is 48.0 Å². The van der Waals surface area contributed by atoms with Gasteiger partial charge in [0.1, 0.15) is 29.6 Å². The van der Waals surface area contributed by atoms with E-state index in [-0.39, 0.29) is 49.3 Å². The van der Waals surface area contributed by atoms with Crippen LogP contribution in [0.4, 0.5) is 0 Å². The Morgan fingerprint density at radius 1 is 0.796 bits per heavy atom. The summed E-state index contributed by atoms with van der Waals surface area (Å²) in [4.78, 5) is 55.5. The van der Waals surface area contributed by atoms with Gasteiger partial charge in [-0.15, -0.1) is 0 Å². The number of likely N-dealkylation sites (N-methyl/N-ethyl adjacent to an activating group) is 3. The smallest absolute Gasteiger partial charge is 0.243 e. The predicted molar refractivity (Wildman–Crippen MR) is 208 cm³/mol. The van der Waals surface area contributed by atoms with Crippen LogP contribution in [0.2, 0.25) is 0 Å². The zero-order valence-corrected chi connectivity index (χ0v) is 32.2. The van der Waals surface area contributed by atoms with Gasteiger partial charge < -0.3 is 63.2 Å². The average Bonchev–Trinajstić information content (AvgIpc) is 3.15. The molecule has 2 aromatic rings. The van der Waals surface area contributed by atoms with Crippen molar-refractivity contribution in [1.29, 1.82) is 0 Å². The van der Waals surface area contributed by atoms with Gasteiger partial charge in [-0.2, -0.15) is 0 Å². The largest absolute Gasteiger partial charge is 0.508 e. The summed E-state index contributed by atoms with van der Waals surface area (Å²) >= 11 is 0. The molecule has 0 aliphatic carbocycles. The first-order valence-electron chi connectivity index (χ1n) is 18.7. The maximum absolute atomic E-state index is 14.2. The van der Waals surface area contributed by atoms with E-state index in [2.05, 4.69) is 47.9 Å². The summed E-state index contributed by atoms with van der Waals surface area (Å²) in [5.41, 5.74) is 2.18. The SMILES string of the molecule is CNCCC[C@@H](CNC(=O)[C@H](CCCNC)NC(=O)[C@@H]1Cc2cc(ccc2O)-c2ccc(O)c(c2)C[C@H](NC)C(=O)N[C@@H](C[C@@H](O)CNC)C(=O)N1)NC. The zero-order valence-electron chi connectivity index (χ0n) is 32.2. The van der Waals surface area contributed by atoms with E-state index >= 15 is 0 Å². The number of carbonyl (C=O) groups is 4. The highest BCUT2D eigenvalue weighted by atomic mass is 16.3. The van der Waals surface area contributed by atoms with E-state index in [4.69, 9.17) is 0 Å². The van der Waals surface area contributed by atoms with Gasteiger partial charge in [-0.1, -0.05) is 12.1 Å². The first kappa shape index (κ1) is 44.1. The topological polar surface area (TPSA) is 237 Å². The molecule has 16 nitrogen and oxygen atoms in total. The van der Waals surface area contributed by atoms with Crippen LogP contribution >= 0.6 is 0 Å². The van der Waals surface area contributed by atoms with Gasteiger partial charge in [0.15, 0.2) is 0 Å². The van der Waals surface area contributed by atoms with Crippen LogP contribution in [-0.2, 0) is 32.0 Å². The average molecular weight is 756 g/mol. The number of rotatable bonds is 19. The van der Waals surface area contributed by atoms with Gasteiger partial charge in [0, 0.05) is 38.4 Å². The minimum Gasteiger partial charge on any atom is -0.508 e. The molecule has 0 saturated carbocycles. The van der Waals surface area contributed by atoms with Crippen LogP contribution in [0.1, 0.15) is 43.2 Å². The first-order valence-corrected chi connectivity index (χ1v) is 18.7. The van der Waals surface area contributed by atoms with E-state index in [1.807, 2.05) is 14.1 Å². The van der Waals surface area contributed by atoms with Crippen molar-refractivity contribution in [2.45, 2.75) is 81.3 Å². The molecular weight excluding hydrogens is 694 g/mol. The number of phenols is 2. The highest BCUT2D eigenvalue weighted by Crippen LogP contribution is 2.31. The van der Waals surface area contributed by atoms with Crippen molar-refractivity contribution in [3.63, 3.8) is 0 Å². The second-order valence-electron chi connectivity index (χ2n) is 13.8. The molecule has 3 rings (SSSR count). The monoisotopic (exact) mass is 755 g/mol. The Morgan fingerprint density at radius 3 is 1.98 bits per heavy atom. The van der Waals surface area contributed by atoms with Crippen LogP contribution in [0.5, 0.6) is 11.5 Å². The van der Waals surface area contributed by atoms with Crippen LogP contribution in [0.15, 0.2) is 36.4 Å². The summed E-state index contributed by atoms with van der Waals surface area (Å²) in [6.07, 6.45) is 1.32. The standard InChI is InChI=1S/C38H61N9O7/c1-39-14-6-8-27(42-4)21-44-35(51)29(9-7-15-40-2)45-37(53)31-19-26-17-24(11-13-34(26)50)23-10-12-33(49)25(16-23)18-30(43-5)36(52)47-32(38(54)46-31)20-28(48)22-41-3/h10-13,16-17,27-32,39-43,48-50H,6-9,14-15,18-22H2,1-5H3,(H,44,51)(H,45,53)(H,46,54)(H,47,52)/t27-,28+,29-,30-,31-,32-/m0/s1. The second-order valence-corrected chi connectivity index (χ2v) is 13.8. The lowest BCUT2D eigenvalue weighted by Crippen LogP contribution is -2.59. The van der Waals surface area contributed by atoms with Crippen molar-refractivity contribution in [3.8, 4) is 22.6 Å². The Balaban J connectivity index is 2.03. The number of aromatic hydroxyl groups is 2. The van der Waals surface area contributed by atoms with E-state index in [1.54, 1.807) is 45.4 Å². The van der Waals surface area contributed by atoms with Crippen LogP contribution in [0, 0.1) is 0 Å². The molecule has 54 heavy (non-hydrogen) atoms. The number of nitrogens with one attached hydrogen (secondary N) is 9. The van der Waals surface area contributed by atoms with Gasteiger partial charge in [-0.25, -0.2) is 0 Å². The van der Waals surface area contributed by atoms with Crippen LogP contribution in [-0.4, -0.2) is 137 Å². The molecule has 0 unspecified atom stereocenters. The van der Waals surface area contributed by atoms with Crippen LogP contribution in [0.25, 0.3) is 11.1 Å². The third-order valence-corrected chi connectivity index (χ3v) is 9.68. The van der Waals surface area contributed by atoms with Gasteiger partial charge in [0.2, 0.25) is 23.6 Å².